The number of rotatable bonds is 2. The van der Waals surface area contributed by atoms with Gasteiger partial charge in [0, 0.05) is 37.8 Å². The SMILES string of the molecule is O=S(=O)(c1ccc(F)cc1)N1CCC2(CC1)OOC1(OO2)C2C=C3CC(C2)CC1C3. The quantitative estimate of drug-likeness (QED) is 0.522. The van der Waals surface area contributed by atoms with E-state index in [1.807, 2.05) is 0 Å². The molecule has 0 amide bonds. The van der Waals surface area contributed by atoms with E-state index < -0.39 is 27.4 Å². The van der Waals surface area contributed by atoms with Gasteiger partial charge in [0.1, 0.15) is 5.82 Å². The Morgan fingerprint density at radius 2 is 1.67 bits per heavy atom. The lowest BCUT2D eigenvalue weighted by Crippen LogP contribution is -2.63. The first kappa shape index (κ1) is 19.3. The first-order valence-corrected chi connectivity index (χ1v) is 12.0. The Hall–Kier alpha value is -1.36. The van der Waals surface area contributed by atoms with Gasteiger partial charge in [0.15, 0.2) is 0 Å². The van der Waals surface area contributed by atoms with Gasteiger partial charge in [0.25, 0.3) is 0 Å². The molecule has 0 radical (unpaired) electrons. The lowest BCUT2D eigenvalue weighted by atomic mass is 9.58. The zero-order valence-corrected chi connectivity index (χ0v) is 17.3. The summed E-state index contributed by atoms with van der Waals surface area (Å²) >= 11 is 0. The minimum Gasteiger partial charge on any atom is -0.207 e. The molecule has 2 saturated carbocycles. The molecule has 0 aromatic heterocycles. The molecule has 30 heavy (non-hydrogen) atoms. The second-order valence-electron chi connectivity index (χ2n) is 9.20. The van der Waals surface area contributed by atoms with Crippen molar-refractivity contribution in [1.29, 1.82) is 0 Å². The van der Waals surface area contributed by atoms with E-state index in [4.69, 9.17) is 19.6 Å². The minimum absolute atomic E-state index is 0.0680. The maximum absolute atomic E-state index is 13.1. The van der Waals surface area contributed by atoms with Crippen LogP contribution < -0.4 is 0 Å². The second kappa shape index (κ2) is 6.57. The summed E-state index contributed by atoms with van der Waals surface area (Å²) in [6.07, 6.45) is 7.03. The van der Waals surface area contributed by atoms with Gasteiger partial charge < -0.3 is 0 Å². The highest BCUT2D eigenvalue weighted by Gasteiger charge is 2.63. The first-order valence-electron chi connectivity index (χ1n) is 10.6. The smallest absolute Gasteiger partial charge is 0.207 e. The molecule has 162 valence electrons. The zero-order chi connectivity index (χ0) is 20.6. The maximum Gasteiger partial charge on any atom is 0.243 e. The van der Waals surface area contributed by atoms with Gasteiger partial charge in [-0.3, -0.25) is 0 Å². The predicted molar refractivity (Wildman–Crippen MR) is 101 cm³/mol. The number of sulfonamides is 1. The Morgan fingerprint density at radius 3 is 2.30 bits per heavy atom. The molecular weight excluding hydrogens is 413 g/mol. The van der Waals surface area contributed by atoms with Crippen molar-refractivity contribution in [2.24, 2.45) is 17.8 Å². The molecular formula is C21H24FNO6S. The van der Waals surface area contributed by atoms with Crippen LogP contribution in [0.25, 0.3) is 0 Å². The molecule has 4 aliphatic carbocycles. The maximum atomic E-state index is 13.1. The minimum atomic E-state index is -3.71. The lowest BCUT2D eigenvalue weighted by molar-refractivity contribution is -0.675. The van der Waals surface area contributed by atoms with E-state index in [1.54, 1.807) is 0 Å². The molecule has 2 heterocycles. The average molecular weight is 437 g/mol. The highest BCUT2D eigenvalue weighted by Crippen LogP contribution is 2.59. The standard InChI is InChI=1S/C21H24FNO6S/c22-18-1-3-19(4-2-18)30(24,25)23-7-5-20(6-8-23)26-28-21(29-27-20)16-10-14-9-15(12-16)13-17(21)11-14/h1-4,10,15-17H,5-9,11-13H2. The Balaban J connectivity index is 1.14. The van der Waals surface area contributed by atoms with Crippen molar-refractivity contribution in [3.8, 4) is 0 Å². The molecule has 1 aromatic carbocycles. The number of piperidine rings is 1. The zero-order valence-electron chi connectivity index (χ0n) is 16.5. The molecule has 9 heteroatoms. The number of allylic oxidation sites excluding steroid dienone is 1. The normalized spacial score (nSPS) is 34.4. The molecule has 4 fully saturated rings. The van der Waals surface area contributed by atoms with Crippen LogP contribution in [0.4, 0.5) is 4.39 Å². The number of nitrogens with zero attached hydrogens (tertiary/aromatic N) is 1. The summed E-state index contributed by atoms with van der Waals surface area (Å²) in [4.78, 5) is 23.6. The molecule has 3 atom stereocenters. The van der Waals surface area contributed by atoms with Crippen LogP contribution in [0.2, 0.25) is 0 Å². The summed E-state index contributed by atoms with van der Waals surface area (Å²) < 4.78 is 40.2. The van der Waals surface area contributed by atoms with E-state index >= 15 is 0 Å². The molecule has 4 bridgehead atoms. The monoisotopic (exact) mass is 437 g/mol. The van der Waals surface area contributed by atoms with Crippen LogP contribution >= 0.6 is 0 Å². The van der Waals surface area contributed by atoms with E-state index in [0.717, 1.165) is 31.4 Å². The Labute approximate surface area is 174 Å². The molecule has 2 aliphatic heterocycles. The van der Waals surface area contributed by atoms with E-state index in [9.17, 15) is 12.8 Å². The summed E-state index contributed by atoms with van der Waals surface area (Å²) in [6, 6.07) is 4.85. The van der Waals surface area contributed by atoms with E-state index in [0.29, 0.717) is 5.92 Å². The van der Waals surface area contributed by atoms with Crippen molar-refractivity contribution in [2.45, 2.75) is 55.0 Å². The third-order valence-electron chi connectivity index (χ3n) is 7.37. The Morgan fingerprint density at radius 1 is 0.967 bits per heavy atom. The van der Waals surface area contributed by atoms with Crippen molar-refractivity contribution >= 4 is 10.0 Å². The molecule has 7 rings (SSSR count). The van der Waals surface area contributed by atoms with E-state index in [1.165, 1.54) is 28.4 Å². The Bertz CT molecular complexity index is 975. The van der Waals surface area contributed by atoms with Crippen molar-refractivity contribution in [1.82, 2.24) is 4.31 Å². The van der Waals surface area contributed by atoms with Gasteiger partial charge in [0.2, 0.25) is 21.6 Å². The van der Waals surface area contributed by atoms with Gasteiger partial charge in [-0.05, 0) is 55.9 Å². The number of halogens is 1. The van der Waals surface area contributed by atoms with Crippen molar-refractivity contribution in [2.75, 3.05) is 13.1 Å². The molecule has 7 nitrogen and oxygen atoms in total. The topological polar surface area (TPSA) is 74.3 Å². The predicted octanol–water partition coefficient (Wildman–Crippen LogP) is 3.29. The third-order valence-corrected chi connectivity index (χ3v) is 9.28. The number of benzene rings is 1. The van der Waals surface area contributed by atoms with Crippen molar-refractivity contribution in [3.63, 3.8) is 0 Å². The highest BCUT2D eigenvalue weighted by atomic mass is 32.2. The lowest BCUT2D eigenvalue weighted by Gasteiger charge is -2.57. The second-order valence-corrected chi connectivity index (χ2v) is 11.1. The summed E-state index contributed by atoms with van der Waals surface area (Å²) in [5.74, 6) is -1.41. The number of hydrogen-bond acceptors (Lipinski definition) is 6. The Kier molecular flexibility index (Phi) is 4.23. The molecule has 1 aromatic rings. The fourth-order valence-corrected chi connectivity index (χ4v) is 7.26. The summed E-state index contributed by atoms with van der Waals surface area (Å²) in [5, 5.41) is 0. The fraction of sp³-hybridized carbons (Fsp3) is 0.619. The van der Waals surface area contributed by atoms with Gasteiger partial charge in [-0.2, -0.15) is 23.9 Å². The molecule has 6 aliphatic rings. The number of hydrogen-bond donors (Lipinski definition) is 0. The van der Waals surface area contributed by atoms with Gasteiger partial charge in [0.05, 0.1) is 4.90 Å². The van der Waals surface area contributed by atoms with E-state index in [2.05, 4.69) is 6.08 Å². The van der Waals surface area contributed by atoms with Gasteiger partial charge in [-0.15, -0.1) is 0 Å². The van der Waals surface area contributed by atoms with Crippen LogP contribution in [0, 0.1) is 23.6 Å². The van der Waals surface area contributed by atoms with Crippen molar-refractivity contribution < 1.29 is 32.4 Å². The molecule has 2 saturated heterocycles. The molecule has 3 unspecified atom stereocenters. The van der Waals surface area contributed by atoms with Crippen LogP contribution in [0.15, 0.2) is 40.8 Å². The van der Waals surface area contributed by atoms with Crippen molar-refractivity contribution in [3.05, 3.63) is 41.7 Å². The highest BCUT2D eigenvalue weighted by molar-refractivity contribution is 7.89. The average Bonchev–Trinajstić information content (AvgIpc) is 2.74. The van der Waals surface area contributed by atoms with Gasteiger partial charge in [-0.1, -0.05) is 11.6 Å². The largest absolute Gasteiger partial charge is 0.243 e. The van der Waals surface area contributed by atoms with Crippen LogP contribution in [-0.2, 0) is 29.6 Å². The fourth-order valence-electron chi connectivity index (χ4n) is 5.82. The summed E-state index contributed by atoms with van der Waals surface area (Å²) in [7, 11) is -3.71. The molecule has 2 spiro atoms. The first-order chi connectivity index (χ1) is 14.4. The summed E-state index contributed by atoms with van der Waals surface area (Å²) in [6.45, 7) is 0.386. The van der Waals surface area contributed by atoms with Gasteiger partial charge in [-0.25, -0.2) is 12.8 Å². The van der Waals surface area contributed by atoms with Gasteiger partial charge >= 0.3 is 0 Å². The summed E-state index contributed by atoms with van der Waals surface area (Å²) in [5.41, 5.74) is 1.49. The molecule has 0 N–H and O–H groups in total. The third kappa shape index (κ3) is 2.83. The van der Waals surface area contributed by atoms with Crippen LogP contribution in [0.5, 0.6) is 0 Å². The van der Waals surface area contributed by atoms with E-state index in [-0.39, 0.29) is 42.7 Å². The van der Waals surface area contributed by atoms with Crippen LogP contribution in [-0.4, -0.2) is 37.4 Å². The van der Waals surface area contributed by atoms with Crippen LogP contribution in [0.1, 0.15) is 38.5 Å². The van der Waals surface area contributed by atoms with Crippen LogP contribution in [0.3, 0.4) is 0 Å².